The van der Waals surface area contributed by atoms with E-state index >= 15 is 0 Å². The highest BCUT2D eigenvalue weighted by molar-refractivity contribution is 5.76. The lowest BCUT2D eigenvalue weighted by Crippen LogP contribution is -2.45. The molecule has 0 saturated heterocycles. The molecule has 6 heteroatoms. The highest BCUT2D eigenvalue weighted by Gasteiger charge is 2.20. The topological polar surface area (TPSA) is 95.9 Å². The Balaban J connectivity index is 3.49. The van der Waals surface area contributed by atoms with Crippen molar-refractivity contribution in [2.24, 2.45) is 0 Å². The molecular formula is C61H115NO5. The number of ether oxygens (including phenoxy) is 1. The zero-order chi connectivity index (χ0) is 48.6. The van der Waals surface area contributed by atoms with Crippen LogP contribution in [0.3, 0.4) is 0 Å². The van der Waals surface area contributed by atoms with Crippen molar-refractivity contribution >= 4 is 11.9 Å². The summed E-state index contributed by atoms with van der Waals surface area (Å²) in [5.41, 5.74) is 0. The van der Waals surface area contributed by atoms with Crippen molar-refractivity contribution in [3.8, 4) is 0 Å². The second-order valence-corrected chi connectivity index (χ2v) is 20.3. The average molecular weight is 943 g/mol. The van der Waals surface area contributed by atoms with Gasteiger partial charge < -0.3 is 20.3 Å². The molecule has 0 aromatic carbocycles. The Labute approximate surface area is 417 Å². The van der Waals surface area contributed by atoms with Crippen molar-refractivity contribution in [3.05, 3.63) is 36.5 Å². The Kier molecular flexibility index (Phi) is 55.0. The number of hydrogen-bond acceptors (Lipinski definition) is 5. The summed E-state index contributed by atoms with van der Waals surface area (Å²) in [6.45, 7) is 4.91. The second-order valence-electron chi connectivity index (χ2n) is 20.3. The summed E-state index contributed by atoms with van der Waals surface area (Å²) >= 11 is 0. The molecule has 6 nitrogen and oxygen atoms in total. The predicted octanol–water partition coefficient (Wildman–Crippen LogP) is 18.4. The monoisotopic (exact) mass is 942 g/mol. The van der Waals surface area contributed by atoms with Gasteiger partial charge in [0.2, 0.25) is 5.91 Å². The Morgan fingerprint density at radius 1 is 0.418 bits per heavy atom. The minimum absolute atomic E-state index is 0.0187. The molecule has 0 bridgehead atoms. The van der Waals surface area contributed by atoms with E-state index in [2.05, 4.69) is 55.6 Å². The summed E-state index contributed by atoms with van der Waals surface area (Å²) in [6, 6.07) is -0.554. The first-order valence-electron chi connectivity index (χ1n) is 29.7. The average Bonchev–Trinajstić information content (AvgIpc) is 3.33. The number of hydrogen-bond donors (Lipinski definition) is 3. The van der Waals surface area contributed by atoms with Gasteiger partial charge in [-0.1, -0.05) is 249 Å². The molecule has 0 rings (SSSR count). The van der Waals surface area contributed by atoms with Gasteiger partial charge in [-0.05, 0) is 89.9 Å². The van der Waals surface area contributed by atoms with Crippen molar-refractivity contribution in [3.63, 3.8) is 0 Å². The fraction of sp³-hybridized carbons (Fsp3) is 0.869. The standard InChI is InChI=1S/C61H115NO5/c1-3-5-7-9-11-13-15-17-19-22-27-31-35-39-43-47-51-55-61(66)67-56-52-48-44-40-36-32-28-24-21-23-26-30-34-38-42-46-50-54-60(65)62-58(57-63)59(64)53-49-45-41-37-33-29-25-20-18-16-14-12-10-8-6-4-2/h17,19,21,24,32,36,58-59,63-64H,3-16,18,20,22-23,25-31,33-35,37-57H2,1-2H3,(H,62,65)/b19-17-,24-21-,36-32-. The van der Waals surface area contributed by atoms with Crippen molar-refractivity contribution in [1.82, 2.24) is 5.32 Å². The Hall–Kier alpha value is -1.92. The zero-order valence-corrected chi connectivity index (χ0v) is 44.9. The smallest absolute Gasteiger partial charge is 0.305 e. The maximum absolute atomic E-state index is 12.5. The van der Waals surface area contributed by atoms with Crippen LogP contribution in [0, 0.1) is 0 Å². The molecule has 0 radical (unpaired) electrons. The molecule has 2 atom stereocenters. The molecule has 0 aromatic heterocycles. The van der Waals surface area contributed by atoms with Crippen LogP contribution in [0.25, 0.3) is 0 Å². The highest BCUT2D eigenvalue weighted by atomic mass is 16.5. The third-order valence-electron chi connectivity index (χ3n) is 13.7. The summed E-state index contributed by atoms with van der Waals surface area (Å²) in [7, 11) is 0. The van der Waals surface area contributed by atoms with E-state index in [4.69, 9.17) is 4.74 Å². The second kappa shape index (κ2) is 56.7. The van der Waals surface area contributed by atoms with E-state index in [0.717, 1.165) is 83.5 Å². The Morgan fingerprint density at radius 3 is 1.15 bits per heavy atom. The van der Waals surface area contributed by atoms with Crippen molar-refractivity contribution in [1.29, 1.82) is 0 Å². The van der Waals surface area contributed by atoms with Gasteiger partial charge in [-0.25, -0.2) is 0 Å². The minimum atomic E-state index is -0.675. The number of unbranched alkanes of at least 4 members (excludes halogenated alkanes) is 38. The largest absolute Gasteiger partial charge is 0.466 e. The molecule has 0 aliphatic rings. The third kappa shape index (κ3) is 53.3. The molecule has 0 heterocycles. The summed E-state index contributed by atoms with van der Waals surface area (Å²) in [5, 5.41) is 23.3. The van der Waals surface area contributed by atoms with Crippen LogP contribution >= 0.6 is 0 Å². The number of aliphatic hydroxyl groups excluding tert-OH is 2. The van der Waals surface area contributed by atoms with E-state index in [-0.39, 0.29) is 18.5 Å². The van der Waals surface area contributed by atoms with Gasteiger partial charge in [-0.2, -0.15) is 0 Å². The van der Waals surface area contributed by atoms with Gasteiger partial charge in [0.15, 0.2) is 0 Å². The summed E-state index contributed by atoms with van der Waals surface area (Å²) in [6.07, 6.45) is 69.9. The van der Waals surface area contributed by atoms with Crippen LogP contribution < -0.4 is 5.32 Å². The van der Waals surface area contributed by atoms with Crippen LogP contribution in [0.5, 0.6) is 0 Å². The van der Waals surface area contributed by atoms with E-state index < -0.39 is 12.1 Å². The lowest BCUT2D eigenvalue weighted by atomic mass is 10.0. The quantitative estimate of drug-likeness (QED) is 0.0321. The van der Waals surface area contributed by atoms with Crippen LogP contribution in [0.15, 0.2) is 36.5 Å². The predicted molar refractivity (Wildman–Crippen MR) is 292 cm³/mol. The molecule has 0 aliphatic carbocycles. The summed E-state index contributed by atoms with van der Waals surface area (Å²) in [5.74, 6) is -0.0687. The maximum atomic E-state index is 12.5. The molecule has 0 aromatic rings. The van der Waals surface area contributed by atoms with Gasteiger partial charge in [0, 0.05) is 12.8 Å². The third-order valence-corrected chi connectivity index (χ3v) is 13.7. The fourth-order valence-corrected chi connectivity index (χ4v) is 9.08. The van der Waals surface area contributed by atoms with Gasteiger partial charge in [-0.15, -0.1) is 0 Å². The first-order chi connectivity index (χ1) is 33.0. The molecule has 0 saturated carbocycles. The van der Waals surface area contributed by atoms with Gasteiger partial charge in [0.25, 0.3) is 0 Å². The first kappa shape index (κ1) is 65.1. The number of nitrogens with one attached hydrogen (secondary N) is 1. The van der Waals surface area contributed by atoms with Crippen LogP contribution in [0.2, 0.25) is 0 Å². The normalized spacial score (nSPS) is 12.8. The molecule has 67 heavy (non-hydrogen) atoms. The molecule has 3 N–H and O–H groups in total. The Bertz CT molecular complexity index is 1090. The number of aliphatic hydroxyl groups is 2. The Morgan fingerprint density at radius 2 is 0.746 bits per heavy atom. The van der Waals surface area contributed by atoms with Crippen LogP contribution in [0.4, 0.5) is 0 Å². The number of rotatable bonds is 55. The number of carbonyl (C=O) groups is 2. The number of allylic oxidation sites excluding steroid dienone is 6. The highest BCUT2D eigenvalue weighted by Crippen LogP contribution is 2.17. The number of carbonyl (C=O) groups excluding carboxylic acids is 2. The van der Waals surface area contributed by atoms with Crippen LogP contribution in [0.1, 0.15) is 316 Å². The summed E-state index contributed by atoms with van der Waals surface area (Å²) in [4.78, 5) is 24.5. The number of amides is 1. The SMILES string of the molecule is CCCCCCCC/C=C\CCCCCCCCCC(=O)OCCCCC/C=C\C/C=C\CCCCCCCCCC(=O)NC(CO)C(O)CCCCCCCCCCCCCCCCCC. The van der Waals surface area contributed by atoms with Gasteiger partial charge >= 0.3 is 5.97 Å². The van der Waals surface area contributed by atoms with E-state index in [9.17, 15) is 19.8 Å². The van der Waals surface area contributed by atoms with Crippen molar-refractivity contribution < 1.29 is 24.5 Å². The van der Waals surface area contributed by atoms with E-state index in [1.165, 1.54) is 199 Å². The zero-order valence-electron chi connectivity index (χ0n) is 44.9. The first-order valence-corrected chi connectivity index (χ1v) is 29.7. The lowest BCUT2D eigenvalue weighted by Gasteiger charge is -2.22. The van der Waals surface area contributed by atoms with E-state index in [0.29, 0.717) is 25.9 Å². The molecule has 0 fully saturated rings. The minimum Gasteiger partial charge on any atom is -0.466 e. The molecular weight excluding hydrogens is 827 g/mol. The lowest BCUT2D eigenvalue weighted by molar-refractivity contribution is -0.143. The molecule has 394 valence electrons. The van der Waals surface area contributed by atoms with Crippen molar-refractivity contribution in [2.45, 2.75) is 328 Å². The molecule has 0 spiro atoms. The number of esters is 1. The van der Waals surface area contributed by atoms with Gasteiger partial charge in [0.05, 0.1) is 25.4 Å². The fourth-order valence-electron chi connectivity index (χ4n) is 9.08. The van der Waals surface area contributed by atoms with E-state index in [1.807, 2.05) is 0 Å². The van der Waals surface area contributed by atoms with E-state index in [1.54, 1.807) is 0 Å². The maximum Gasteiger partial charge on any atom is 0.305 e. The molecule has 1 amide bonds. The summed E-state index contributed by atoms with van der Waals surface area (Å²) < 4.78 is 5.46. The molecule has 2 unspecified atom stereocenters. The van der Waals surface area contributed by atoms with Crippen LogP contribution in [-0.4, -0.2) is 47.4 Å². The van der Waals surface area contributed by atoms with Crippen molar-refractivity contribution in [2.75, 3.05) is 13.2 Å². The van der Waals surface area contributed by atoms with Gasteiger partial charge in [0.1, 0.15) is 0 Å². The van der Waals surface area contributed by atoms with Gasteiger partial charge in [-0.3, -0.25) is 9.59 Å². The molecule has 0 aliphatic heterocycles. The van der Waals surface area contributed by atoms with Crippen LogP contribution in [-0.2, 0) is 14.3 Å².